The summed E-state index contributed by atoms with van der Waals surface area (Å²) in [6.45, 7) is 1.87. The minimum atomic E-state index is 0.0704. The Balaban J connectivity index is 2.07. The van der Waals surface area contributed by atoms with Gasteiger partial charge in [-0.2, -0.15) is 5.10 Å². The van der Waals surface area contributed by atoms with Gasteiger partial charge in [-0.3, -0.25) is 9.48 Å². The van der Waals surface area contributed by atoms with Gasteiger partial charge in [0.2, 0.25) is 0 Å². The molecule has 1 heterocycles. The highest BCUT2D eigenvalue weighted by molar-refractivity contribution is 5.95. The van der Waals surface area contributed by atoms with Gasteiger partial charge >= 0.3 is 0 Å². The number of hydrogen-bond acceptors (Lipinski definition) is 3. The number of aromatic nitrogens is 2. The fraction of sp³-hybridized carbons (Fsp3) is 0.692. The first-order chi connectivity index (χ1) is 8.49. The molecule has 1 amide bonds. The van der Waals surface area contributed by atoms with E-state index in [-0.39, 0.29) is 5.91 Å². The Morgan fingerprint density at radius 2 is 2.06 bits per heavy atom. The summed E-state index contributed by atoms with van der Waals surface area (Å²) in [6.07, 6.45) is 5.82. The van der Waals surface area contributed by atoms with Gasteiger partial charge in [0.25, 0.3) is 5.91 Å². The van der Waals surface area contributed by atoms with Crippen LogP contribution in [-0.2, 0) is 7.05 Å². The van der Waals surface area contributed by atoms with Gasteiger partial charge in [0.15, 0.2) is 0 Å². The maximum absolute atomic E-state index is 12.4. The summed E-state index contributed by atoms with van der Waals surface area (Å²) in [5.74, 6) is 0.0704. The number of nitrogens with two attached hydrogens (primary N) is 1. The molecule has 0 aromatic carbocycles. The molecule has 0 aliphatic heterocycles. The average molecular weight is 250 g/mol. The molecule has 5 heteroatoms. The second kappa shape index (κ2) is 5.10. The maximum atomic E-state index is 12.4. The molecule has 1 aliphatic rings. The Labute approximate surface area is 108 Å². The van der Waals surface area contributed by atoms with Crippen LogP contribution >= 0.6 is 0 Å². The van der Waals surface area contributed by atoms with Crippen molar-refractivity contribution in [1.29, 1.82) is 0 Å². The molecular weight excluding hydrogens is 228 g/mol. The quantitative estimate of drug-likeness (QED) is 0.854. The van der Waals surface area contributed by atoms with E-state index < -0.39 is 0 Å². The standard InChI is InChI=1S/C13H22N4O/c1-9-12(8-16(2)15-9)13(18)17(3)11-6-4-10(14)5-7-11/h8,10-11H,4-7,14H2,1-3H3. The summed E-state index contributed by atoms with van der Waals surface area (Å²) in [6, 6.07) is 0.627. The maximum Gasteiger partial charge on any atom is 0.257 e. The number of amides is 1. The molecule has 0 atom stereocenters. The molecule has 2 rings (SSSR count). The average Bonchev–Trinajstić information content (AvgIpc) is 2.67. The van der Waals surface area contributed by atoms with E-state index in [0.29, 0.717) is 17.6 Å². The van der Waals surface area contributed by atoms with Crippen LogP contribution in [0.3, 0.4) is 0 Å². The van der Waals surface area contributed by atoms with Crippen molar-refractivity contribution in [2.75, 3.05) is 7.05 Å². The van der Waals surface area contributed by atoms with E-state index in [1.54, 1.807) is 10.9 Å². The largest absolute Gasteiger partial charge is 0.339 e. The van der Waals surface area contributed by atoms with E-state index in [1.807, 2.05) is 25.9 Å². The second-order valence-electron chi connectivity index (χ2n) is 5.29. The number of carbonyl (C=O) groups excluding carboxylic acids is 1. The van der Waals surface area contributed by atoms with Crippen LogP contribution in [0.4, 0.5) is 0 Å². The Hall–Kier alpha value is -1.36. The molecule has 0 radical (unpaired) electrons. The Morgan fingerprint density at radius 1 is 1.44 bits per heavy atom. The molecule has 100 valence electrons. The van der Waals surface area contributed by atoms with Gasteiger partial charge in [0.1, 0.15) is 0 Å². The normalized spacial score (nSPS) is 24.0. The molecule has 1 aliphatic carbocycles. The molecule has 0 saturated heterocycles. The van der Waals surface area contributed by atoms with Gasteiger partial charge in [0.05, 0.1) is 11.3 Å². The van der Waals surface area contributed by atoms with E-state index in [4.69, 9.17) is 5.73 Å². The van der Waals surface area contributed by atoms with E-state index >= 15 is 0 Å². The predicted molar refractivity (Wildman–Crippen MR) is 70.3 cm³/mol. The zero-order valence-electron chi connectivity index (χ0n) is 11.4. The van der Waals surface area contributed by atoms with Crippen molar-refractivity contribution in [3.63, 3.8) is 0 Å². The molecular formula is C13H22N4O. The van der Waals surface area contributed by atoms with Crippen molar-refractivity contribution >= 4 is 5.91 Å². The lowest BCUT2D eigenvalue weighted by atomic mass is 9.91. The van der Waals surface area contributed by atoms with Gasteiger partial charge in [-0.05, 0) is 32.6 Å². The fourth-order valence-corrected chi connectivity index (χ4v) is 2.65. The molecule has 0 bridgehead atoms. The van der Waals surface area contributed by atoms with Gasteiger partial charge < -0.3 is 10.6 Å². The Kier molecular flexibility index (Phi) is 3.71. The highest BCUT2D eigenvalue weighted by Crippen LogP contribution is 2.22. The lowest BCUT2D eigenvalue weighted by Crippen LogP contribution is -2.41. The number of hydrogen-bond donors (Lipinski definition) is 1. The summed E-state index contributed by atoms with van der Waals surface area (Å²) >= 11 is 0. The van der Waals surface area contributed by atoms with Crippen molar-refractivity contribution in [3.8, 4) is 0 Å². The summed E-state index contributed by atoms with van der Waals surface area (Å²) < 4.78 is 1.69. The minimum Gasteiger partial charge on any atom is -0.339 e. The molecule has 0 unspecified atom stereocenters. The summed E-state index contributed by atoms with van der Waals surface area (Å²) in [5.41, 5.74) is 7.39. The summed E-state index contributed by atoms with van der Waals surface area (Å²) in [4.78, 5) is 14.3. The van der Waals surface area contributed by atoms with Crippen LogP contribution in [0, 0.1) is 6.92 Å². The molecule has 0 spiro atoms. The third-order valence-electron chi connectivity index (χ3n) is 3.85. The van der Waals surface area contributed by atoms with Gasteiger partial charge in [-0.25, -0.2) is 0 Å². The molecule has 5 nitrogen and oxygen atoms in total. The van der Waals surface area contributed by atoms with Crippen molar-refractivity contribution in [2.45, 2.75) is 44.7 Å². The lowest BCUT2D eigenvalue weighted by molar-refractivity contribution is 0.0689. The second-order valence-corrected chi connectivity index (χ2v) is 5.29. The SMILES string of the molecule is Cc1nn(C)cc1C(=O)N(C)C1CCC(N)CC1. The molecule has 18 heavy (non-hydrogen) atoms. The van der Waals surface area contributed by atoms with E-state index in [2.05, 4.69) is 5.10 Å². The number of rotatable bonds is 2. The van der Waals surface area contributed by atoms with Crippen molar-refractivity contribution in [2.24, 2.45) is 12.8 Å². The van der Waals surface area contributed by atoms with Gasteiger partial charge in [-0.15, -0.1) is 0 Å². The molecule has 1 aromatic rings. The van der Waals surface area contributed by atoms with Crippen LogP contribution in [0.5, 0.6) is 0 Å². The van der Waals surface area contributed by atoms with Crippen molar-refractivity contribution < 1.29 is 4.79 Å². The monoisotopic (exact) mass is 250 g/mol. The first kappa shape index (κ1) is 13.1. The fourth-order valence-electron chi connectivity index (χ4n) is 2.65. The topological polar surface area (TPSA) is 64.2 Å². The van der Waals surface area contributed by atoms with E-state index in [1.165, 1.54) is 0 Å². The van der Waals surface area contributed by atoms with Gasteiger partial charge in [0, 0.05) is 32.4 Å². The molecule has 1 aromatic heterocycles. The first-order valence-electron chi connectivity index (χ1n) is 6.52. The summed E-state index contributed by atoms with van der Waals surface area (Å²) in [5, 5.41) is 4.22. The van der Waals surface area contributed by atoms with E-state index in [9.17, 15) is 4.79 Å². The smallest absolute Gasteiger partial charge is 0.257 e. The minimum absolute atomic E-state index is 0.0704. The molecule has 1 fully saturated rings. The van der Waals surface area contributed by atoms with Crippen molar-refractivity contribution in [3.05, 3.63) is 17.5 Å². The highest BCUT2D eigenvalue weighted by atomic mass is 16.2. The van der Waals surface area contributed by atoms with Crippen molar-refractivity contribution in [1.82, 2.24) is 14.7 Å². The third-order valence-corrected chi connectivity index (χ3v) is 3.85. The zero-order chi connectivity index (χ0) is 13.3. The third kappa shape index (κ3) is 2.56. The summed E-state index contributed by atoms with van der Waals surface area (Å²) in [7, 11) is 3.72. The van der Waals surface area contributed by atoms with Crippen LogP contribution in [-0.4, -0.2) is 39.7 Å². The van der Waals surface area contributed by atoms with Crippen LogP contribution in [0.15, 0.2) is 6.20 Å². The zero-order valence-corrected chi connectivity index (χ0v) is 11.4. The van der Waals surface area contributed by atoms with Crippen LogP contribution in [0.1, 0.15) is 41.7 Å². The number of nitrogens with zero attached hydrogens (tertiary/aromatic N) is 3. The Morgan fingerprint density at radius 3 is 2.56 bits per heavy atom. The van der Waals surface area contributed by atoms with Crippen LogP contribution in [0.2, 0.25) is 0 Å². The predicted octanol–water partition coefficient (Wildman–Crippen LogP) is 1.07. The number of carbonyl (C=O) groups is 1. The lowest BCUT2D eigenvalue weighted by Gasteiger charge is -2.33. The molecule has 2 N–H and O–H groups in total. The molecule has 1 saturated carbocycles. The Bertz CT molecular complexity index is 432. The van der Waals surface area contributed by atoms with Gasteiger partial charge in [-0.1, -0.05) is 0 Å². The first-order valence-corrected chi connectivity index (χ1v) is 6.52. The van der Waals surface area contributed by atoms with E-state index in [0.717, 1.165) is 31.4 Å². The van der Waals surface area contributed by atoms with Crippen LogP contribution < -0.4 is 5.73 Å². The highest BCUT2D eigenvalue weighted by Gasteiger charge is 2.27. The van der Waals surface area contributed by atoms with Crippen LogP contribution in [0.25, 0.3) is 0 Å². The number of aryl methyl sites for hydroxylation is 2.